The number of nitrogens with zero attached hydrogens (tertiary/aromatic N) is 2. The van der Waals surface area contributed by atoms with Crippen LogP contribution in [0.15, 0.2) is 29.2 Å². The number of rotatable bonds is 3. The van der Waals surface area contributed by atoms with Crippen molar-refractivity contribution in [2.45, 2.75) is 16.2 Å². The zero-order valence-corrected chi connectivity index (χ0v) is 13.5. The van der Waals surface area contributed by atoms with Crippen LogP contribution in [0.4, 0.5) is 5.69 Å². The second-order valence-electron chi connectivity index (χ2n) is 5.74. The van der Waals surface area contributed by atoms with Gasteiger partial charge in [-0.15, -0.1) is 0 Å². The number of para-hydroxylation sites is 1. The van der Waals surface area contributed by atoms with Gasteiger partial charge in [-0.2, -0.15) is 4.31 Å². The van der Waals surface area contributed by atoms with E-state index in [0.29, 0.717) is 0 Å². The van der Waals surface area contributed by atoms with E-state index >= 15 is 0 Å². The summed E-state index contributed by atoms with van der Waals surface area (Å²) in [6.45, 7) is -0.255. The third-order valence-electron chi connectivity index (χ3n) is 4.39. The van der Waals surface area contributed by atoms with Gasteiger partial charge in [0, 0.05) is 31.1 Å². The minimum absolute atomic E-state index is 0.0422. The zero-order chi connectivity index (χ0) is 17.0. The third-order valence-corrected chi connectivity index (χ3v) is 8.54. The van der Waals surface area contributed by atoms with Crippen LogP contribution in [-0.4, -0.2) is 56.2 Å². The lowest BCUT2D eigenvalue weighted by Crippen LogP contribution is -2.36. The Bertz CT molecular complexity index is 867. The third kappa shape index (κ3) is 2.53. The molecule has 0 unspecified atom stereocenters. The van der Waals surface area contributed by atoms with E-state index in [4.69, 9.17) is 5.73 Å². The number of hydrogen-bond acceptors (Lipinski definition) is 7. The molecule has 0 aliphatic carbocycles. The van der Waals surface area contributed by atoms with E-state index in [1.807, 2.05) is 0 Å². The summed E-state index contributed by atoms with van der Waals surface area (Å²) in [5.41, 5.74) is 5.28. The van der Waals surface area contributed by atoms with Gasteiger partial charge in [0.05, 0.1) is 15.9 Å². The van der Waals surface area contributed by atoms with Gasteiger partial charge in [-0.3, -0.25) is 10.1 Å². The zero-order valence-electron chi connectivity index (χ0n) is 11.9. The molecule has 2 fully saturated rings. The molecule has 11 heteroatoms. The predicted molar refractivity (Wildman–Crippen MR) is 80.9 cm³/mol. The average molecular weight is 361 g/mol. The smallest absolute Gasteiger partial charge is 0.289 e. The number of nitro benzene ring substituents is 1. The van der Waals surface area contributed by atoms with E-state index in [9.17, 15) is 26.9 Å². The molecule has 2 aliphatic heterocycles. The summed E-state index contributed by atoms with van der Waals surface area (Å²) in [6.07, 6.45) is 0. The lowest BCUT2D eigenvalue weighted by atomic mass is 10.0. The van der Waals surface area contributed by atoms with Crippen LogP contribution in [0.1, 0.15) is 0 Å². The van der Waals surface area contributed by atoms with Gasteiger partial charge in [-0.05, 0) is 6.07 Å². The van der Waals surface area contributed by atoms with E-state index in [-0.39, 0.29) is 18.8 Å². The summed E-state index contributed by atoms with van der Waals surface area (Å²) in [5, 5.41) is 10.2. The molecule has 2 saturated heterocycles. The first-order valence-electron chi connectivity index (χ1n) is 6.85. The maximum atomic E-state index is 12.7. The molecule has 0 amide bonds. The maximum Gasteiger partial charge on any atom is 0.289 e. The number of sulfonamides is 1. The molecule has 2 N–H and O–H groups in total. The monoisotopic (exact) mass is 361 g/mol. The number of fused-ring (bicyclic) bond motifs is 1. The van der Waals surface area contributed by atoms with Crippen molar-refractivity contribution in [1.29, 1.82) is 0 Å². The summed E-state index contributed by atoms with van der Waals surface area (Å²) >= 11 is 0. The summed E-state index contributed by atoms with van der Waals surface area (Å²) < 4.78 is 50.4. The SMILES string of the molecule is N[C@H]1CS(=O)(=O)[C@@H]2CN(S(=O)(=O)c3ccccc3[N+](=O)[O-])C[C@@H]21. The number of benzene rings is 1. The van der Waals surface area contributed by atoms with Gasteiger partial charge in [-0.1, -0.05) is 12.1 Å². The highest BCUT2D eigenvalue weighted by Crippen LogP contribution is 2.37. The number of sulfone groups is 1. The summed E-state index contributed by atoms with van der Waals surface area (Å²) in [7, 11) is -7.60. The van der Waals surface area contributed by atoms with Crippen molar-refractivity contribution in [1.82, 2.24) is 4.31 Å². The first-order chi connectivity index (χ1) is 10.6. The molecule has 0 spiro atoms. The van der Waals surface area contributed by atoms with Crippen molar-refractivity contribution in [3.63, 3.8) is 0 Å². The first kappa shape index (κ1) is 16.3. The van der Waals surface area contributed by atoms with E-state index in [2.05, 4.69) is 0 Å². The molecule has 0 radical (unpaired) electrons. The van der Waals surface area contributed by atoms with Crippen molar-refractivity contribution in [2.75, 3.05) is 18.8 Å². The average Bonchev–Trinajstić information content (AvgIpc) is 3.00. The van der Waals surface area contributed by atoms with Gasteiger partial charge in [0.2, 0.25) is 10.0 Å². The predicted octanol–water partition coefficient (Wildman–Crippen LogP) is -0.660. The first-order valence-corrected chi connectivity index (χ1v) is 10.0. The van der Waals surface area contributed by atoms with Gasteiger partial charge in [0.15, 0.2) is 14.7 Å². The molecule has 126 valence electrons. The molecule has 1 aromatic rings. The van der Waals surface area contributed by atoms with E-state index < -0.39 is 52.6 Å². The lowest BCUT2D eigenvalue weighted by Gasteiger charge is -2.18. The Labute approximate surface area is 133 Å². The van der Waals surface area contributed by atoms with Crippen LogP contribution in [0, 0.1) is 16.0 Å². The Balaban J connectivity index is 1.99. The van der Waals surface area contributed by atoms with Crippen LogP contribution in [0.5, 0.6) is 0 Å². The highest BCUT2D eigenvalue weighted by atomic mass is 32.2. The molecule has 0 aromatic heterocycles. The highest BCUT2D eigenvalue weighted by Gasteiger charge is 2.53. The maximum absolute atomic E-state index is 12.7. The van der Waals surface area contributed by atoms with Gasteiger partial charge in [0.25, 0.3) is 5.69 Å². The Morgan fingerprint density at radius 2 is 1.91 bits per heavy atom. The van der Waals surface area contributed by atoms with Gasteiger partial charge < -0.3 is 5.73 Å². The van der Waals surface area contributed by atoms with Gasteiger partial charge in [0.1, 0.15) is 0 Å². The Morgan fingerprint density at radius 1 is 1.26 bits per heavy atom. The Kier molecular flexibility index (Phi) is 3.71. The van der Waals surface area contributed by atoms with Crippen LogP contribution in [0.3, 0.4) is 0 Å². The molecule has 9 nitrogen and oxygen atoms in total. The summed E-state index contributed by atoms with van der Waals surface area (Å²) in [6, 6.07) is 4.40. The quantitative estimate of drug-likeness (QED) is 0.556. The molecule has 0 bridgehead atoms. The van der Waals surface area contributed by atoms with Gasteiger partial charge in [-0.25, -0.2) is 16.8 Å². The molecular formula is C12H15N3O6S2. The molecule has 3 atom stereocenters. The highest BCUT2D eigenvalue weighted by molar-refractivity contribution is 7.92. The van der Waals surface area contributed by atoms with E-state index in [1.165, 1.54) is 12.1 Å². The molecule has 0 saturated carbocycles. The fraction of sp³-hybridized carbons (Fsp3) is 0.500. The van der Waals surface area contributed by atoms with E-state index in [1.54, 1.807) is 0 Å². The minimum atomic E-state index is -4.16. The van der Waals surface area contributed by atoms with Crippen molar-refractivity contribution >= 4 is 25.5 Å². The number of hydrogen-bond donors (Lipinski definition) is 1. The lowest BCUT2D eigenvalue weighted by molar-refractivity contribution is -0.387. The minimum Gasteiger partial charge on any atom is -0.326 e. The standard InChI is InChI=1S/C12H15N3O6S2/c13-9-7-22(18,19)12-6-14(5-8(9)12)23(20,21)11-4-2-1-3-10(11)15(16)17/h1-4,8-9,12H,5-7,13H2/t8-,9+,12-/m1/s1. The number of nitrogens with two attached hydrogens (primary N) is 1. The Morgan fingerprint density at radius 3 is 2.52 bits per heavy atom. The molecule has 2 aliphatic rings. The second-order valence-corrected chi connectivity index (χ2v) is 9.91. The molecule has 23 heavy (non-hydrogen) atoms. The topological polar surface area (TPSA) is 141 Å². The second kappa shape index (κ2) is 5.23. The normalized spacial score (nSPS) is 30.2. The van der Waals surface area contributed by atoms with Crippen molar-refractivity contribution in [3.8, 4) is 0 Å². The van der Waals surface area contributed by atoms with Crippen LogP contribution >= 0.6 is 0 Å². The largest absolute Gasteiger partial charge is 0.326 e. The van der Waals surface area contributed by atoms with Crippen LogP contribution < -0.4 is 5.73 Å². The van der Waals surface area contributed by atoms with Crippen LogP contribution in [0.2, 0.25) is 0 Å². The molecule has 3 rings (SSSR count). The van der Waals surface area contributed by atoms with E-state index in [0.717, 1.165) is 16.4 Å². The van der Waals surface area contributed by atoms with Crippen LogP contribution in [0.25, 0.3) is 0 Å². The fourth-order valence-electron chi connectivity index (χ4n) is 3.23. The molecular weight excluding hydrogens is 346 g/mol. The summed E-state index contributed by atoms with van der Waals surface area (Å²) in [4.78, 5) is 9.84. The fourth-order valence-corrected chi connectivity index (χ4v) is 7.24. The van der Waals surface area contributed by atoms with Gasteiger partial charge >= 0.3 is 0 Å². The Hall–Kier alpha value is -1.56. The van der Waals surface area contributed by atoms with Crippen molar-refractivity contribution in [3.05, 3.63) is 34.4 Å². The molecule has 2 heterocycles. The summed E-state index contributed by atoms with van der Waals surface area (Å²) in [5.74, 6) is -0.626. The van der Waals surface area contributed by atoms with Crippen molar-refractivity contribution in [2.24, 2.45) is 11.7 Å². The van der Waals surface area contributed by atoms with Crippen molar-refractivity contribution < 1.29 is 21.8 Å². The van der Waals surface area contributed by atoms with Crippen LogP contribution in [-0.2, 0) is 19.9 Å². The number of nitro groups is 1. The molecule has 1 aromatic carbocycles.